The zero-order valence-corrected chi connectivity index (χ0v) is 15.3. The molecule has 2 N–H and O–H groups in total. The summed E-state index contributed by atoms with van der Waals surface area (Å²) in [7, 11) is 0. The van der Waals surface area contributed by atoms with Crippen LogP contribution in [0.1, 0.15) is 24.4 Å². The number of amides is 1. The molecule has 2 heterocycles. The summed E-state index contributed by atoms with van der Waals surface area (Å²) in [4.78, 5) is 23.1. The van der Waals surface area contributed by atoms with Crippen molar-refractivity contribution >= 4 is 23.5 Å². The van der Waals surface area contributed by atoms with Crippen molar-refractivity contribution < 1.29 is 18.1 Å². The molecule has 0 aliphatic rings. The summed E-state index contributed by atoms with van der Waals surface area (Å²) in [6, 6.07) is 9.17. The fraction of sp³-hybridized carbons (Fsp3) is 0.235. The average Bonchev–Trinajstić information content (AvgIpc) is 3.17. The molecule has 8 nitrogen and oxygen atoms in total. The van der Waals surface area contributed by atoms with Gasteiger partial charge in [-0.05, 0) is 17.2 Å². The van der Waals surface area contributed by atoms with E-state index < -0.39 is 11.3 Å². The molecule has 0 radical (unpaired) electrons. The van der Waals surface area contributed by atoms with Gasteiger partial charge in [0.25, 0.3) is 0 Å². The summed E-state index contributed by atoms with van der Waals surface area (Å²) < 4.78 is 30.4. The van der Waals surface area contributed by atoms with E-state index >= 15 is 0 Å². The number of nitrogens with zero attached hydrogens (tertiary/aromatic N) is 4. The highest BCUT2D eigenvalue weighted by atomic mass is 35.5. The number of anilines is 1. The molecule has 0 saturated heterocycles. The van der Waals surface area contributed by atoms with Gasteiger partial charge in [0, 0.05) is 25.9 Å². The lowest BCUT2D eigenvalue weighted by Crippen LogP contribution is -2.30. The number of hydrogen-bond acceptors (Lipinski definition) is 7. The third-order valence-electron chi connectivity index (χ3n) is 3.64. The first kappa shape index (κ1) is 19.6. The number of aromatic nitrogens is 4. The first-order chi connectivity index (χ1) is 13.3. The Balaban J connectivity index is 1.75. The molecule has 11 heteroatoms. The molecule has 28 heavy (non-hydrogen) atoms. The Hall–Kier alpha value is -3.14. The summed E-state index contributed by atoms with van der Waals surface area (Å²) in [6.07, 6.45) is 2.72. The summed E-state index contributed by atoms with van der Waals surface area (Å²) in [5.74, 6) is -1.01. The van der Waals surface area contributed by atoms with Crippen LogP contribution >= 0.6 is 11.6 Å². The molecular formula is C17H15ClF2N6O2. The third-order valence-corrected chi connectivity index (χ3v) is 3.80. The molecule has 1 unspecified atom stereocenters. The first-order valence-electron chi connectivity index (χ1n) is 8.12. The Kier molecular flexibility index (Phi) is 5.78. The summed E-state index contributed by atoms with van der Waals surface area (Å²) in [5, 5.41) is 5.55. The van der Waals surface area contributed by atoms with Crippen LogP contribution in [0, 0.1) is 0 Å². The van der Waals surface area contributed by atoms with E-state index in [1.165, 1.54) is 19.3 Å². The van der Waals surface area contributed by atoms with Crippen LogP contribution in [-0.2, 0) is 10.2 Å². The molecule has 3 aromatic rings. The SMILES string of the molecule is CC(=O)NCC(Nc1ncc(-c2noc(C(F)(F)Cl)n2)cn1)c1ccccc1. The molecule has 0 aliphatic carbocycles. The lowest BCUT2D eigenvalue weighted by Gasteiger charge is -2.19. The second-order valence-corrected chi connectivity index (χ2v) is 6.24. The van der Waals surface area contributed by atoms with Crippen LogP contribution in [0.25, 0.3) is 11.4 Å². The Labute approximate surface area is 163 Å². The standard InChI is InChI=1S/C17H15ClF2N6O2/c1-10(27)21-9-13(11-5-3-2-4-6-11)24-16-22-7-12(8-23-16)14-25-15(28-26-14)17(18,19)20/h2-8,13H,9H2,1H3,(H,21,27)(H,22,23,24). The summed E-state index contributed by atoms with van der Waals surface area (Å²) in [6.45, 7) is 1.75. The molecule has 0 bridgehead atoms. The quantitative estimate of drug-likeness (QED) is 0.578. The predicted molar refractivity (Wildman–Crippen MR) is 96.6 cm³/mol. The van der Waals surface area contributed by atoms with Crippen molar-refractivity contribution in [1.82, 2.24) is 25.4 Å². The van der Waals surface area contributed by atoms with Crippen molar-refractivity contribution in [3.05, 3.63) is 54.2 Å². The topological polar surface area (TPSA) is 106 Å². The van der Waals surface area contributed by atoms with Crippen molar-refractivity contribution in [3.8, 4) is 11.4 Å². The van der Waals surface area contributed by atoms with Crippen LogP contribution in [0.15, 0.2) is 47.2 Å². The molecule has 3 rings (SSSR count). The molecule has 1 amide bonds. The van der Waals surface area contributed by atoms with E-state index in [4.69, 9.17) is 11.6 Å². The van der Waals surface area contributed by atoms with Crippen molar-refractivity contribution in [3.63, 3.8) is 0 Å². The zero-order valence-electron chi connectivity index (χ0n) is 14.6. The highest BCUT2D eigenvalue weighted by Gasteiger charge is 2.35. The highest BCUT2D eigenvalue weighted by molar-refractivity contribution is 6.21. The molecule has 146 valence electrons. The minimum absolute atomic E-state index is 0.111. The van der Waals surface area contributed by atoms with Crippen LogP contribution in [0.5, 0.6) is 0 Å². The molecule has 1 atom stereocenters. The van der Waals surface area contributed by atoms with Gasteiger partial charge >= 0.3 is 11.3 Å². The van der Waals surface area contributed by atoms with Gasteiger partial charge in [-0.15, -0.1) is 0 Å². The minimum Gasteiger partial charge on any atom is -0.354 e. The van der Waals surface area contributed by atoms with E-state index in [1.54, 1.807) is 0 Å². The number of hydrogen-bond donors (Lipinski definition) is 2. The number of halogens is 3. The van der Waals surface area contributed by atoms with E-state index in [0.717, 1.165) is 5.56 Å². The predicted octanol–water partition coefficient (Wildman–Crippen LogP) is 3.10. The molecular weight excluding hydrogens is 394 g/mol. The van der Waals surface area contributed by atoms with Crippen molar-refractivity contribution in [1.29, 1.82) is 0 Å². The lowest BCUT2D eigenvalue weighted by atomic mass is 10.1. The maximum Gasteiger partial charge on any atom is 0.400 e. The molecule has 2 aromatic heterocycles. The number of rotatable bonds is 7. The maximum absolute atomic E-state index is 13.0. The number of nitrogens with one attached hydrogen (secondary N) is 2. The van der Waals surface area contributed by atoms with Crippen molar-refractivity contribution in [2.75, 3.05) is 11.9 Å². The fourth-order valence-electron chi connectivity index (χ4n) is 2.31. The van der Waals surface area contributed by atoms with Gasteiger partial charge in [0.1, 0.15) is 0 Å². The largest absolute Gasteiger partial charge is 0.400 e. The van der Waals surface area contributed by atoms with E-state index in [-0.39, 0.29) is 29.3 Å². The van der Waals surface area contributed by atoms with Crippen LogP contribution in [0.3, 0.4) is 0 Å². The number of benzene rings is 1. The van der Waals surface area contributed by atoms with Gasteiger partial charge in [-0.1, -0.05) is 35.5 Å². The average molecular weight is 409 g/mol. The smallest absolute Gasteiger partial charge is 0.354 e. The van der Waals surface area contributed by atoms with Gasteiger partial charge in [-0.2, -0.15) is 13.8 Å². The lowest BCUT2D eigenvalue weighted by molar-refractivity contribution is -0.119. The van der Waals surface area contributed by atoms with Gasteiger partial charge in [0.2, 0.25) is 17.7 Å². The molecule has 0 fully saturated rings. The molecule has 0 saturated carbocycles. The van der Waals surface area contributed by atoms with Crippen LogP contribution in [0.4, 0.5) is 14.7 Å². The monoisotopic (exact) mass is 408 g/mol. The van der Waals surface area contributed by atoms with Crippen molar-refractivity contribution in [2.45, 2.75) is 18.3 Å². The van der Waals surface area contributed by atoms with Crippen LogP contribution in [-0.4, -0.2) is 32.6 Å². The van der Waals surface area contributed by atoms with E-state index in [2.05, 4.69) is 35.3 Å². The van der Waals surface area contributed by atoms with Crippen LogP contribution in [0.2, 0.25) is 0 Å². The minimum atomic E-state index is -3.75. The molecule has 0 aliphatic heterocycles. The Morgan fingerprint density at radius 3 is 2.50 bits per heavy atom. The zero-order chi connectivity index (χ0) is 20.1. The van der Waals surface area contributed by atoms with E-state index in [0.29, 0.717) is 6.54 Å². The van der Waals surface area contributed by atoms with Gasteiger partial charge in [0.05, 0.1) is 11.6 Å². The normalized spacial score (nSPS) is 12.4. The highest BCUT2D eigenvalue weighted by Crippen LogP contribution is 2.32. The van der Waals surface area contributed by atoms with Crippen LogP contribution < -0.4 is 10.6 Å². The Bertz CT molecular complexity index is 931. The second kappa shape index (κ2) is 8.26. The second-order valence-electron chi connectivity index (χ2n) is 5.76. The maximum atomic E-state index is 13.0. The summed E-state index contributed by atoms with van der Waals surface area (Å²) in [5.41, 5.74) is 1.20. The van der Waals surface area contributed by atoms with Gasteiger partial charge in [-0.25, -0.2) is 9.97 Å². The first-order valence-corrected chi connectivity index (χ1v) is 8.50. The van der Waals surface area contributed by atoms with Crippen molar-refractivity contribution in [2.24, 2.45) is 0 Å². The third kappa shape index (κ3) is 4.97. The van der Waals surface area contributed by atoms with Gasteiger partial charge in [0.15, 0.2) is 0 Å². The van der Waals surface area contributed by atoms with E-state index in [1.807, 2.05) is 30.3 Å². The van der Waals surface area contributed by atoms with E-state index in [9.17, 15) is 13.6 Å². The Morgan fingerprint density at radius 1 is 1.25 bits per heavy atom. The fourth-order valence-corrected chi connectivity index (χ4v) is 2.39. The molecule has 1 aromatic carbocycles. The number of alkyl halides is 3. The number of carbonyl (C=O) groups excluding carboxylic acids is 1. The number of carbonyl (C=O) groups is 1. The summed E-state index contributed by atoms with van der Waals surface area (Å²) >= 11 is 4.85. The Morgan fingerprint density at radius 2 is 1.93 bits per heavy atom. The molecule has 0 spiro atoms. The van der Waals surface area contributed by atoms with Gasteiger partial charge in [-0.3, -0.25) is 4.79 Å². The van der Waals surface area contributed by atoms with Gasteiger partial charge < -0.3 is 15.2 Å².